The topological polar surface area (TPSA) is 38.9 Å². The Morgan fingerprint density at radius 3 is 2.24 bits per heavy atom. The molecule has 1 aromatic heterocycles. The lowest BCUT2D eigenvalue weighted by atomic mass is 10.1. The molecule has 2 N–H and O–H groups in total. The first kappa shape index (κ1) is 13.9. The number of nitrogens with zero attached hydrogens (tertiary/aromatic N) is 1. The van der Waals surface area contributed by atoms with E-state index in [4.69, 9.17) is 5.73 Å². The Labute approximate surface area is 124 Å². The summed E-state index contributed by atoms with van der Waals surface area (Å²) in [6.07, 6.45) is 0. The molecular formula is C16H12F2N2S. The van der Waals surface area contributed by atoms with Gasteiger partial charge in [0.05, 0.1) is 5.69 Å². The Hall–Kier alpha value is -2.11. The van der Waals surface area contributed by atoms with E-state index < -0.39 is 11.6 Å². The zero-order valence-electron chi connectivity index (χ0n) is 11.0. The summed E-state index contributed by atoms with van der Waals surface area (Å²) in [5.74, 6) is -1.23. The second-order valence-corrected chi connectivity index (χ2v) is 5.60. The van der Waals surface area contributed by atoms with Gasteiger partial charge >= 0.3 is 0 Å². The summed E-state index contributed by atoms with van der Waals surface area (Å²) in [7, 11) is 0. The maximum atomic E-state index is 13.3. The molecule has 0 spiro atoms. The van der Waals surface area contributed by atoms with Gasteiger partial charge in [0.1, 0.15) is 16.6 Å². The van der Waals surface area contributed by atoms with Crippen molar-refractivity contribution in [3.05, 3.63) is 65.0 Å². The molecule has 1 heterocycles. The third-order valence-corrected chi connectivity index (χ3v) is 4.17. The fourth-order valence-electron chi connectivity index (χ4n) is 2.11. The highest BCUT2D eigenvalue weighted by atomic mass is 32.1. The predicted octanol–water partition coefficient (Wildman–Crippen LogP) is 4.21. The predicted molar refractivity (Wildman–Crippen MR) is 80.8 cm³/mol. The lowest BCUT2D eigenvalue weighted by molar-refractivity contribution is 0.584. The second kappa shape index (κ2) is 5.71. The van der Waals surface area contributed by atoms with E-state index in [1.807, 2.05) is 30.3 Å². The van der Waals surface area contributed by atoms with Crippen LogP contribution in [0.1, 0.15) is 4.88 Å². The Bertz CT molecular complexity index is 749. The van der Waals surface area contributed by atoms with Gasteiger partial charge in [-0.2, -0.15) is 0 Å². The van der Waals surface area contributed by atoms with Crippen molar-refractivity contribution in [2.45, 2.75) is 6.54 Å². The van der Waals surface area contributed by atoms with Crippen LogP contribution in [0.15, 0.2) is 48.5 Å². The van der Waals surface area contributed by atoms with E-state index in [1.165, 1.54) is 23.5 Å². The van der Waals surface area contributed by atoms with E-state index in [-0.39, 0.29) is 0 Å². The largest absolute Gasteiger partial charge is 0.326 e. The number of aromatic nitrogens is 1. The van der Waals surface area contributed by atoms with Crippen molar-refractivity contribution in [2.75, 3.05) is 0 Å². The van der Waals surface area contributed by atoms with E-state index in [1.54, 1.807) is 0 Å². The van der Waals surface area contributed by atoms with Crippen molar-refractivity contribution in [3.8, 4) is 21.8 Å². The minimum atomic E-state index is -0.615. The summed E-state index contributed by atoms with van der Waals surface area (Å²) in [6, 6.07) is 13.0. The fourth-order valence-corrected chi connectivity index (χ4v) is 3.06. The van der Waals surface area contributed by atoms with Crippen molar-refractivity contribution in [3.63, 3.8) is 0 Å². The molecule has 0 saturated carbocycles. The molecule has 0 fully saturated rings. The summed E-state index contributed by atoms with van der Waals surface area (Å²) in [4.78, 5) is 5.40. The minimum Gasteiger partial charge on any atom is -0.326 e. The molecular weight excluding hydrogens is 290 g/mol. The lowest BCUT2D eigenvalue weighted by Crippen LogP contribution is -1.95. The first-order chi connectivity index (χ1) is 10.2. The molecule has 0 aliphatic carbocycles. The molecule has 2 aromatic carbocycles. The van der Waals surface area contributed by atoms with E-state index >= 15 is 0 Å². The van der Waals surface area contributed by atoms with Crippen LogP contribution in [0.25, 0.3) is 21.8 Å². The molecule has 0 aliphatic rings. The van der Waals surface area contributed by atoms with Crippen LogP contribution in [0.4, 0.5) is 8.78 Å². The zero-order chi connectivity index (χ0) is 14.8. The highest BCUT2D eigenvalue weighted by Crippen LogP contribution is 2.34. The summed E-state index contributed by atoms with van der Waals surface area (Å²) in [5, 5.41) is 0.563. The molecule has 3 aromatic rings. The average molecular weight is 302 g/mol. The van der Waals surface area contributed by atoms with Gasteiger partial charge in [0.15, 0.2) is 0 Å². The summed E-state index contributed by atoms with van der Waals surface area (Å²) >= 11 is 1.36. The summed E-state index contributed by atoms with van der Waals surface area (Å²) < 4.78 is 26.7. The second-order valence-electron chi connectivity index (χ2n) is 4.52. The van der Waals surface area contributed by atoms with Crippen LogP contribution in [0.3, 0.4) is 0 Å². The molecule has 3 rings (SSSR count). The number of thiazole rings is 1. The van der Waals surface area contributed by atoms with Crippen LogP contribution in [0.2, 0.25) is 0 Å². The SMILES string of the molecule is NCc1sc(-c2cc(F)cc(F)c2)nc1-c1ccccc1. The van der Waals surface area contributed by atoms with Gasteiger partial charge in [0.25, 0.3) is 0 Å². The quantitative estimate of drug-likeness (QED) is 0.787. The van der Waals surface area contributed by atoms with Crippen LogP contribution in [0.5, 0.6) is 0 Å². The smallest absolute Gasteiger partial charge is 0.126 e. The van der Waals surface area contributed by atoms with Crippen LogP contribution in [0, 0.1) is 11.6 Å². The van der Waals surface area contributed by atoms with Gasteiger partial charge in [-0.25, -0.2) is 13.8 Å². The number of nitrogens with two attached hydrogens (primary N) is 1. The van der Waals surface area contributed by atoms with Gasteiger partial charge in [-0.1, -0.05) is 30.3 Å². The Balaban J connectivity index is 2.11. The molecule has 21 heavy (non-hydrogen) atoms. The Morgan fingerprint density at radius 1 is 0.952 bits per heavy atom. The first-order valence-corrected chi connectivity index (χ1v) is 7.20. The Morgan fingerprint density at radius 2 is 1.62 bits per heavy atom. The van der Waals surface area contributed by atoms with Crippen molar-refractivity contribution in [1.82, 2.24) is 4.98 Å². The molecule has 0 radical (unpaired) electrons. The van der Waals surface area contributed by atoms with E-state index in [0.29, 0.717) is 17.1 Å². The van der Waals surface area contributed by atoms with Crippen LogP contribution >= 0.6 is 11.3 Å². The van der Waals surface area contributed by atoms with Gasteiger partial charge < -0.3 is 5.73 Å². The fraction of sp³-hybridized carbons (Fsp3) is 0.0625. The molecule has 0 bridgehead atoms. The van der Waals surface area contributed by atoms with Gasteiger partial charge in [-0.05, 0) is 12.1 Å². The Kier molecular flexibility index (Phi) is 3.77. The summed E-state index contributed by atoms with van der Waals surface area (Å²) in [5.41, 5.74) is 7.90. The van der Waals surface area contributed by atoms with Crippen LogP contribution in [-0.2, 0) is 6.54 Å². The highest BCUT2D eigenvalue weighted by molar-refractivity contribution is 7.15. The maximum absolute atomic E-state index is 13.3. The first-order valence-electron chi connectivity index (χ1n) is 6.39. The highest BCUT2D eigenvalue weighted by Gasteiger charge is 2.14. The van der Waals surface area contributed by atoms with E-state index in [0.717, 1.165) is 22.2 Å². The zero-order valence-corrected chi connectivity index (χ0v) is 11.8. The molecule has 0 amide bonds. The minimum absolute atomic E-state index is 0.333. The van der Waals surface area contributed by atoms with Crippen LogP contribution in [-0.4, -0.2) is 4.98 Å². The average Bonchev–Trinajstić information content (AvgIpc) is 2.91. The third-order valence-electron chi connectivity index (χ3n) is 3.04. The van der Waals surface area contributed by atoms with Crippen LogP contribution < -0.4 is 5.73 Å². The standard InChI is InChI=1S/C16H12F2N2S/c17-12-6-11(7-13(18)8-12)16-20-15(14(9-19)21-16)10-4-2-1-3-5-10/h1-8H,9,19H2. The monoisotopic (exact) mass is 302 g/mol. The molecule has 0 atom stereocenters. The third kappa shape index (κ3) is 2.84. The molecule has 2 nitrogen and oxygen atoms in total. The van der Waals surface area contributed by atoms with Crippen molar-refractivity contribution in [1.29, 1.82) is 0 Å². The lowest BCUT2D eigenvalue weighted by Gasteiger charge is -1.99. The van der Waals surface area contributed by atoms with E-state index in [9.17, 15) is 8.78 Å². The van der Waals surface area contributed by atoms with Crippen molar-refractivity contribution < 1.29 is 8.78 Å². The van der Waals surface area contributed by atoms with Gasteiger partial charge in [-0.15, -0.1) is 11.3 Å². The molecule has 0 saturated heterocycles. The van der Waals surface area contributed by atoms with Gasteiger partial charge in [0, 0.05) is 28.6 Å². The normalized spacial score (nSPS) is 10.8. The number of halogens is 2. The molecule has 5 heteroatoms. The number of hydrogen-bond donors (Lipinski definition) is 1. The van der Waals surface area contributed by atoms with Crippen molar-refractivity contribution in [2.24, 2.45) is 5.73 Å². The van der Waals surface area contributed by atoms with Crippen molar-refractivity contribution >= 4 is 11.3 Å². The van der Waals surface area contributed by atoms with E-state index in [2.05, 4.69) is 4.98 Å². The number of benzene rings is 2. The molecule has 0 aliphatic heterocycles. The number of rotatable bonds is 3. The van der Waals surface area contributed by atoms with Gasteiger partial charge in [0.2, 0.25) is 0 Å². The number of hydrogen-bond acceptors (Lipinski definition) is 3. The molecule has 0 unspecified atom stereocenters. The molecule has 106 valence electrons. The van der Waals surface area contributed by atoms with Gasteiger partial charge in [-0.3, -0.25) is 0 Å². The summed E-state index contributed by atoms with van der Waals surface area (Å²) in [6.45, 7) is 0.333. The maximum Gasteiger partial charge on any atom is 0.126 e.